The number of nitrogens with zero attached hydrogens (tertiary/aromatic N) is 4. The molecule has 3 N–H and O–H groups in total. The van der Waals surface area contributed by atoms with Gasteiger partial charge in [0.25, 0.3) is 0 Å². The second-order valence-corrected chi connectivity index (χ2v) is 9.06. The molecule has 8 nitrogen and oxygen atoms in total. The molecule has 4 aromatic rings. The lowest BCUT2D eigenvalue weighted by Gasteiger charge is -2.08. The molecule has 0 saturated carbocycles. The van der Waals surface area contributed by atoms with Crippen LogP contribution in [0.5, 0.6) is 0 Å². The first-order valence-electron chi connectivity index (χ1n) is 9.87. The number of thiazole rings is 1. The van der Waals surface area contributed by atoms with Gasteiger partial charge in [-0.3, -0.25) is 10.1 Å². The monoisotopic (exact) mass is 499 g/mol. The van der Waals surface area contributed by atoms with Crippen LogP contribution in [-0.2, 0) is 11.2 Å². The maximum absolute atomic E-state index is 12.3. The van der Waals surface area contributed by atoms with Crippen molar-refractivity contribution in [2.75, 3.05) is 16.0 Å². The van der Waals surface area contributed by atoms with E-state index in [1.165, 1.54) is 11.3 Å². The molecule has 0 atom stereocenters. The highest BCUT2D eigenvalue weighted by atomic mass is 35.5. The number of benzene rings is 2. The maximum Gasteiger partial charge on any atom is 0.234 e. The highest BCUT2D eigenvalue weighted by Gasteiger charge is 2.11. The van der Waals surface area contributed by atoms with Crippen molar-refractivity contribution in [3.8, 4) is 0 Å². The number of carbonyl (C=O) groups is 1. The van der Waals surface area contributed by atoms with E-state index in [1.54, 1.807) is 31.3 Å². The molecule has 1 amide bonds. The minimum absolute atomic E-state index is 0.113. The number of aromatic nitrogens is 4. The highest BCUT2D eigenvalue weighted by Crippen LogP contribution is 2.27. The van der Waals surface area contributed by atoms with Gasteiger partial charge in [-0.2, -0.15) is 15.0 Å². The third-order valence-electron chi connectivity index (χ3n) is 4.37. The van der Waals surface area contributed by atoms with E-state index in [9.17, 15) is 4.79 Å². The van der Waals surface area contributed by atoms with E-state index in [0.29, 0.717) is 38.6 Å². The summed E-state index contributed by atoms with van der Waals surface area (Å²) in [7, 11) is 0. The standard InChI is InChI=1S/C22H19Cl2N7OS/c1-12-3-5-14(6-4-12)28-19(32)10-16-11-25-22(33-16)31-21-27-13(2)26-20(30-21)29-15-7-8-17(23)18(24)9-15/h3-9,11H,10H2,1-2H3,(H,28,32)(H2,25,26,27,29,30,31). The van der Waals surface area contributed by atoms with Crippen LogP contribution in [0, 0.1) is 13.8 Å². The average Bonchev–Trinajstić information content (AvgIpc) is 3.18. The SMILES string of the molecule is Cc1ccc(NC(=O)Cc2cnc(Nc3nc(C)nc(Nc4ccc(Cl)c(Cl)c4)n3)s2)cc1. The number of halogens is 2. The summed E-state index contributed by atoms with van der Waals surface area (Å²) in [5.41, 5.74) is 2.59. The molecule has 11 heteroatoms. The minimum Gasteiger partial charge on any atom is -0.326 e. The van der Waals surface area contributed by atoms with Crippen molar-refractivity contribution in [3.05, 3.63) is 75.0 Å². The number of anilines is 5. The molecule has 168 valence electrons. The Kier molecular flexibility index (Phi) is 7.02. The number of carbonyl (C=O) groups excluding carboxylic acids is 1. The Hall–Kier alpha value is -3.27. The summed E-state index contributed by atoms with van der Waals surface area (Å²) in [6.07, 6.45) is 1.87. The molecule has 0 bridgehead atoms. The molecule has 33 heavy (non-hydrogen) atoms. The molecular weight excluding hydrogens is 481 g/mol. The Morgan fingerprint density at radius 3 is 2.33 bits per heavy atom. The molecule has 4 rings (SSSR count). The van der Waals surface area contributed by atoms with E-state index in [0.717, 1.165) is 16.1 Å². The first-order chi connectivity index (χ1) is 15.8. The van der Waals surface area contributed by atoms with Gasteiger partial charge in [0.1, 0.15) is 5.82 Å². The van der Waals surface area contributed by atoms with Crippen LogP contribution in [0.2, 0.25) is 10.0 Å². The van der Waals surface area contributed by atoms with E-state index >= 15 is 0 Å². The third-order valence-corrected chi connectivity index (χ3v) is 6.02. The van der Waals surface area contributed by atoms with Crippen LogP contribution < -0.4 is 16.0 Å². The van der Waals surface area contributed by atoms with Crippen LogP contribution in [0.15, 0.2) is 48.7 Å². The van der Waals surface area contributed by atoms with Gasteiger partial charge in [-0.15, -0.1) is 11.3 Å². The van der Waals surface area contributed by atoms with Gasteiger partial charge in [0.2, 0.25) is 17.8 Å². The molecule has 0 saturated heterocycles. The van der Waals surface area contributed by atoms with E-state index in [1.807, 2.05) is 31.2 Å². The first kappa shape index (κ1) is 22.9. The Morgan fingerprint density at radius 1 is 0.909 bits per heavy atom. The zero-order valence-electron chi connectivity index (χ0n) is 17.7. The zero-order chi connectivity index (χ0) is 23.4. The lowest BCUT2D eigenvalue weighted by molar-refractivity contribution is -0.115. The Balaban J connectivity index is 1.40. The molecule has 0 radical (unpaired) electrons. The fraction of sp³-hybridized carbons (Fsp3) is 0.136. The van der Waals surface area contributed by atoms with Crippen LogP contribution in [0.1, 0.15) is 16.3 Å². The van der Waals surface area contributed by atoms with Gasteiger partial charge in [0.05, 0.1) is 16.5 Å². The lowest BCUT2D eigenvalue weighted by Crippen LogP contribution is -2.13. The van der Waals surface area contributed by atoms with Gasteiger partial charge in [-0.05, 0) is 44.2 Å². The molecule has 0 spiro atoms. The topological polar surface area (TPSA) is 105 Å². The average molecular weight is 500 g/mol. The third kappa shape index (κ3) is 6.38. The predicted octanol–water partition coefficient (Wildman–Crippen LogP) is 5.92. The Labute approximate surface area is 204 Å². The van der Waals surface area contributed by atoms with Crippen molar-refractivity contribution in [3.63, 3.8) is 0 Å². The first-order valence-corrected chi connectivity index (χ1v) is 11.4. The second kappa shape index (κ2) is 10.1. The van der Waals surface area contributed by atoms with E-state index in [2.05, 4.69) is 35.9 Å². The minimum atomic E-state index is -0.113. The molecule has 0 aliphatic rings. The molecule has 2 aromatic heterocycles. The van der Waals surface area contributed by atoms with Crippen molar-refractivity contribution in [2.45, 2.75) is 20.3 Å². The van der Waals surface area contributed by atoms with Crippen molar-refractivity contribution >= 4 is 68.8 Å². The molecule has 2 heterocycles. The summed E-state index contributed by atoms with van der Waals surface area (Å²) in [4.78, 5) is 30.4. The summed E-state index contributed by atoms with van der Waals surface area (Å²) in [6, 6.07) is 12.8. The van der Waals surface area contributed by atoms with Crippen molar-refractivity contribution < 1.29 is 4.79 Å². The fourth-order valence-electron chi connectivity index (χ4n) is 2.84. The zero-order valence-corrected chi connectivity index (χ0v) is 20.0. The van der Waals surface area contributed by atoms with E-state index in [4.69, 9.17) is 23.2 Å². The van der Waals surface area contributed by atoms with E-state index in [-0.39, 0.29) is 12.3 Å². The van der Waals surface area contributed by atoms with Crippen LogP contribution in [0.25, 0.3) is 0 Å². The van der Waals surface area contributed by atoms with Crippen molar-refractivity contribution in [1.29, 1.82) is 0 Å². The van der Waals surface area contributed by atoms with Crippen molar-refractivity contribution in [1.82, 2.24) is 19.9 Å². The number of amides is 1. The van der Waals surface area contributed by atoms with Gasteiger partial charge in [-0.25, -0.2) is 4.98 Å². The molecule has 0 aliphatic carbocycles. The second-order valence-electron chi connectivity index (χ2n) is 7.13. The Bertz CT molecular complexity index is 1290. The number of nitrogens with one attached hydrogen (secondary N) is 3. The predicted molar refractivity (Wildman–Crippen MR) is 133 cm³/mol. The lowest BCUT2D eigenvalue weighted by atomic mass is 10.2. The normalized spacial score (nSPS) is 10.7. The van der Waals surface area contributed by atoms with E-state index < -0.39 is 0 Å². The molecule has 0 fully saturated rings. The van der Waals surface area contributed by atoms with Crippen LogP contribution in [0.4, 0.5) is 28.4 Å². The molecule has 0 aliphatic heterocycles. The number of aryl methyl sites for hydroxylation is 2. The maximum atomic E-state index is 12.3. The summed E-state index contributed by atoms with van der Waals surface area (Å²) < 4.78 is 0. The van der Waals surface area contributed by atoms with Crippen LogP contribution in [0.3, 0.4) is 0 Å². The van der Waals surface area contributed by atoms with Crippen molar-refractivity contribution in [2.24, 2.45) is 0 Å². The molecular formula is C22H19Cl2N7OS. The van der Waals surface area contributed by atoms with Gasteiger partial charge >= 0.3 is 0 Å². The number of rotatable bonds is 7. The molecule has 0 unspecified atom stereocenters. The summed E-state index contributed by atoms with van der Waals surface area (Å²) in [5.74, 6) is 1.08. The fourth-order valence-corrected chi connectivity index (χ4v) is 3.94. The smallest absolute Gasteiger partial charge is 0.234 e. The highest BCUT2D eigenvalue weighted by molar-refractivity contribution is 7.15. The molecule has 2 aromatic carbocycles. The van der Waals surface area contributed by atoms with Crippen LogP contribution >= 0.6 is 34.5 Å². The quantitative estimate of drug-likeness (QED) is 0.289. The Morgan fingerprint density at radius 2 is 1.61 bits per heavy atom. The van der Waals surface area contributed by atoms with Gasteiger partial charge < -0.3 is 10.6 Å². The summed E-state index contributed by atoms with van der Waals surface area (Å²) >= 11 is 13.4. The van der Waals surface area contributed by atoms with Crippen LogP contribution in [-0.4, -0.2) is 25.8 Å². The van der Waals surface area contributed by atoms with Gasteiger partial charge in [0.15, 0.2) is 5.13 Å². The van der Waals surface area contributed by atoms with Gasteiger partial charge in [0, 0.05) is 22.4 Å². The summed E-state index contributed by atoms with van der Waals surface area (Å²) in [5, 5.41) is 10.5. The summed E-state index contributed by atoms with van der Waals surface area (Å²) in [6.45, 7) is 3.76. The number of hydrogen-bond donors (Lipinski definition) is 3. The van der Waals surface area contributed by atoms with Gasteiger partial charge in [-0.1, -0.05) is 40.9 Å². The largest absolute Gasteiger partial charge is 0.326 e. The number of hydrogen-bond acceptors (Lipinski definition) is 8.